The molecule has 1 aromatic carbocycles. The third-order valence-electron chi connectivity index (χ3n) is 2.15. The molecule has 0 aliphatic carbocycles. The van der Waals surface area contributed by atoms with Crippen molar-refractivity contribution in [2.75, 3.05) is 0 Å². The Balaban J connectivity index is 2.49. The van der Waals surface area contributed by atoms with E-state index in [4.69, 9.17) is 0 Å². The van der Waals surface area contributed by atoms with Crippen molar-refractivity contribution < 1.29 is 18.6 Å². The molecule has 13 heavy (non-hydrogen) atoms. The molecule has 0 radical (unpaired) electrons. The van der Waals surface area contributed by atoms with E-state index >= 15 is 0 Å². The summed E-state index contributed by atoms with van der Waals surface area (Å²) in [4.78, 5) is 0. The van der Waals surface area contributed by atoms with Crippen LogP contribution in [0.2, 0.25) is 0 Å². The normalized spacial score (nSPS) is 26.5. The molecular formula is C9H8F2O2. The molecule has 0 bridgehead atoms. The molecule has 0 amide bonds. The molecular weight excluding hydrogens is 178 g/mol. The molecule has 2 nitrogen and oxygen atoms in total. The molecule has 0 saturated heterocycles. The third-order valence-corrected chi connectivity index (χ3v) is 2.15. The maximum Gasteiger partial charge on any atom is 0.295 e. The summed E-state index contributed by atoms with van der Waals surface area (Å²) >= 11 is 0. The van der Waals surface area contributed by atoms with E-state index in [1.165, 1.54) is 6.07 Å². The van der Waals surface area contributed by atoms with Crippen molar-refractivity contribution in [2.45, 2.75) is 18.8 Å². The molecule has 1 aromatic rings. The van der Waals surface area contributed by atoms with Gasteiger partial charge in [-0.3, -0.25) is 0 Å². The first kappa shape index (κ1) is 8.59. The maximum absolute atomic E-state index is 12.4. The summed E-state index contributed by atoms with van der Waals surface area (Å²) in [6, 6.07) is 6.43. The molecule has 1 aliphatic heterocycles. The summed E-state index contributed by atoms with van der Waals surface area (Å²) in [6.45, 7) is 0.0387. The van der Waals surface area contributed by atoms with Gasteiger partial charge >= 0.3 is 0 Å². The van der Waals surface area contributed by atoms with E-state index in [0.717, 1.165) is 0 Å². The quantitative estimate of drug-likeness (QED) is 0.722. The molecule has 70 valence electrons. The molecule has 1 heterocycles. The Morgan fingerprint density at radius 1 is 1.38 bits per heavy atom. The molecule has 1 atom stereocenters. The number of rotatable bonds is 1. The Morgan fingerprint density at radius 3 is 2.77 bits per heavy atom. The fourth-order valence-electron chi connectivity index (χ4n) is 1.44. The summed E-state index contributed by atoms with van der Waals surface area (Å²) in [7, 11) is 0. The van der Waals surface area contributed by atoms with Crippen LogP contribution in [0.3, 0.4) is 0 Å². The van der Waals surface area contributed by atoms with E-state index in [-0.39, 0.29) is 12.2 Å². The predicted octanol–water partition coefficient (Wildman–Crippen LogP) is 1.63. The van der Waals surface area contributed by atoms with Crippen LogP contribution in [0.1, 0.15) is 11.1 Å². The van der Waals surface area contributed by atoms with Gasteiger partial charge in [-0.15, -0.1) is 0 Å². The Morgan fingerprint density at radius 2 is 2.08 bits per heavy atom. The Bertz CT molecular complexity index is 327. The van der Waals surface area contributed by atoms with Gasteiger partial charge in [-0.1, -0.05) is 24.3 Å². The molecule has 1 unspecified atom stereocenters. The number of aliphatic hydroxyl groups is 1. The fourth-order valence-corrected chi connectivity index (χ4v) is 1.44. The summed E-state index contributed by atoms with van der Waals surface area (Å²) in [6.07, 6.45) is -2.92. The third kappa shape index (κ3) is 1.14. The monoisotopic (exact) mass is 186 g/mol. The largest absolute Gasteiger partial charge is 0.357 e. The van der Waals surface area contributed by atoms with Gasteiger partial charge in [0.2, 0.25) is 0 Å². The first-order chi connectivity index (χ1) is 6.14. The molecule has 1 N–H and O–H groups in total. The van der Waals surface area contributed by atoms with Gasteiger partial charge in [-0.05, 0) is 5.56 Å². The van der Waals surface area contributed by atoms with Gasteiger partial charge in [-0.2, -0.15) is 0 Å². The Labute approximate surface area is 73.8 Å². The van der Waals surface area contributed by atoms with Crippen LogP contribution >= 0.6 is 0 Å². The zero-order valence-corrected chi connectivity index (χ0v) is 6.71. The van der Waals surface area contributed by atoms with Crippen molar-refractivity contribution in [1.82, 2.24) is 0 Å². The first-order valence-corrected chi connectivity index (χ1v) is 3.87. The van der Waals surface area contributed by atoms with Crippen LogP contribution in [0.25, 0.3) is 0 Å². The van der Waals surface area contributed by atoms with Gasteiger partial charge in [0.1, 0.15) is 0 Å². The highest BCUT2D eigenvalue weighted by Gasteiger charge is 2.46. The molecule has 0 fully saturated rings. The number of fused-ring (bicyclic) bond motifs is 1. The minimum atomic E-state index is -2.92. The van der Waals surface area contributed by atoms with Crippen LogP contribution < -0.4 is 0 Å². The Kier molecular flexibility index (Phi) is 1.82. The highest BCUT2D eigenvalue weighted by molar-refractivity contribution is 5.33. The molecule has 0 spiro atoms. The first-order valence-electron chi connectivity index (χ1n) is 3.87. The number of benzene rings is 1. The van der Waals surface area contributed by atoms with Crippen LogP contribution in [0.15, 0.2) is 24.3 Å². The highest BCUT2D eigenvalue weighted by atomic mass is 19.3. The SMILES string of the molecule is OC1(C(F)F)OCc2ccccc21. The molecule has 0 aromatic heterocycles. The van der Waals surface area contributed by atoms with Gasteiger partial charge < -0.3 is 9.84 Å². The Hall–Kier alpha value is -1.00. The number of ether oxygens (including phenoxy) is 1. The summed E-state index contributed by atoms with van der Waals surface area (Å²) in [5.41, 5.74) is 0.787. The van der Waals surface area contributed by atoms with Gasteiger partial charge in [0.05, 0.1) is 6.61 Å². The standard InChI is InChI=1S/C9H8F2O2/c10-8(11)9(12)7-4-2-1-3-6(7)5-13-9/h1-4,8,12H,5H2. The zero-order valence-electron chi connectivity index (χ0n) is 6.71. The van der Waals surface area contributed by atoms with Crippen molar-refractivity contribution in [2.24, 2.45) is 0 Å². The topological polar surface area (TPSA) is 29.5 Å². The van der Waals surface area contributed by atoms with E-state index in [2.05, 4.69) is 4.74 Å². The molecule has 0 saturated carbocycles. The van der Waals surface area contributed by atoms with Gasteiger partial charge in [-0.25, -0.2) is 8.78 Å². The second kappa shape index (κ2) is 2.75. The van der Waals surface area contributed by atoms with E-state index in [1.807, 2.05) is 0 Å². The maximum atomic E-state index is 12.4. The summed E-state index contributed by atoms with van der Waals surface area (Å²) in [5, 5.41) is 9.45. The summed E-state index contributed by atoms with van der Waals surface area (Å²) < 4.78 is 29.5. The smallest absolute Gasteiger partial charge is 0.295 e. The van der Waals surface area contributed by atoms with Crippen molar-refractivity contribution in [3.63, 3.8) is 0 Å². The lowest BCUT2D eigenvalue weighted by Gasteiger charge is -2.21. The fraction of sp³-hybridized carbons (Fsp3) is 0.333. The van der Waals surface area contributed by atoms with Crippen LogP contribution in [0.4, 0.5) is 8.78 Å². The minimum Gasteiger partial charge on any atom is -0.357 e. The molecule has 4 heteroatoms. The van der Waals surface area contributed by atoms with Crippen molar-refractivity contribution in [3.05, 3.63) is 35.4 Å². The van der Waals surface area contributed by atoms with E-state index < -0.39 is 12.2 Å². The average molecular weight is 186 g/mol. The number of hydrogen-bond acceptors (Lipinski definition) is 2. The lowest BCUT2D eigenvalue weighted by molar-refractivity contribution is -0.271. The molecule has 1 aliphatic rings. The van der Waals surface area contributed by atoms with Gasteiger partial charge in [0, 0.05) is 5.56 Å². The molecule has 2 rings (SSSR count). The van der Waals surface area contributed by atoms with Gasteiger partial charge in [0.25, 0.3) is 12.2 Å². The number of hydrogen-bond donors (Lipinski definition) is 1. The van der Waals surface area contributed by atoms with E-state index in [1.54, 1.807) is 18.2 Å². The van der Waals surface area contributed by atoms with E-state index in [9.17, 15) is 13.9 Å². The van der Waals surface area contributed by atoms with E-state index in [0.29, 0.717) is 5.56 Å². The zero-order chi connectivity index (χ0) is 9.47. The predicted molar refractivity (Wildman–Crippen MR) is 41.1 cm³/mol. The van der Waals surface area contributed by atoms with Crippen LogP contribution in [-0.4, -0.2) is 11.5 Å². The lowest BCUT2D eigenvalue weighted by atomic mass is 10.0. The number of halogens is 2. The lowest BCUT2D eigenvalue weighted by Crippen LogP contribution is -2.33. The second-order valence-corrected chi connectivity index (χ2v) is 2.94. The highest BCUT2D eigenvalue weighted by Crippen LogP contribution is 2.38. The van der Waals surface area contributed by atoms with Crippen LogP contribution in [-0.2, 0) is 17.1 Å². The minimum absolute atomic E-state index is 0.0387. The van der Waals surface area contributed by atoms with Crippen molar-refractivity contribution in [1.29, 1.82) is 0 Å². The summed E-state index contributed by atoms with van der Waals surface area (Å²) in [5.74, 6) is -2.41. The van der Waals surface area contributed by atoms with Crippen molar-refractivity contribution in [3.8, 4) is 0 Å². The van der Waals surface area contributed by atoms with Crippen LogP contribution in [0.5, 0.6) is 0 Å². The van der Waals surface area contributed by atoms with Crippen LogP contribution in [0, 0.1) is 0 Å². The average Bonchev–Trinajstić information content (AvgIpc) is 2.47. The van der Waals surface area contributed by atoms with Gasteiger partial charge in [0.15, 0.2) is 0 Å². The van der Waals surface area contributed by atoms with Crippen molar-refractivity contribution >= 4 is 0 Å². The number of alkyl halides is 2. The second-order valence-electron chi connectivity index (χ2n) is 2.94.